The van der Waals surface area contributed by atoms with E-state index in [1.165, 1.54) is 0 Å². The van der Waals surface area contributed by atoms with Crippen molar-refractivity contribution in [3.05, 3.63) is 70.0 Å². The number of allylic oxidation sites excluding steroid dienone is 2. The summed E-state index contributed by atoms with van der Waals surface area (Å²) in [5.74, 6) is -0.309. The number of primary amides is 1. The molecule has 0 radical (unpaired) electrons. The lowest BCUT2D eigenvalue weighted by Crippen LogP contribution is -2.26. The first-order valence-corrected chi connectivity index (χ1v) is 11.2. The third-order valence-corrected chi connectivity index (χ3v) is 6.49. The number of rotatable bonds is 7. The highest BCUT2D eigenvalue weighted by Crippen LogP contribution is 2.37. The number of hydrogen-bond acceptors (Lipinski definition) is 4. The van der Waals surface area contributed by atoms with E-state index in [1.54, 1.807) is 30.0 Å². The third-order valence-electron chi connectivity index (χ3n) is 6.13. The Morgan fingerprint density at radius 1 is 1.28 bits per heavy atom. The molecular weight excluding hydrogens is 428 g/mol. The second kappa shape index (κ2) is 9.61. The average Bonchev–Trinajstić information content (AvgIpc) is 3.45. The van der Waals surface area contributed by atoms with Gasteiger partial charge in [0.15, 0.2) is 0 Å². The normalized spacial score (nSPS) is 18.4. The Balaban J connectivity index is 1.44. The molecule has 32 heavy (non-hydrogen) atoms. The number of para-hydroxylation sites is 1. The van der Waals surface area contributed by atoms with Crippen LogP contribution in [-0.4, -0.2) is 35.2 Å². The van der Waals surface area contributed by atoms with Gasteiger partial charge in [-0.15, -0.1) is 0 Å². The smallest absolute Gasteiger partial charge is 0.255 e. The first kappa shape index (κ1) is 22.1. The van der Waals surface area contributed by atoms with E-state index in [-0.39, 0.29) is 17.9 Å². The van der Waals surface area contributed by atoms with E-state index >= 15 is 0 Å². The summed E-state index contributed by atoms with van der Waals surface area (Å²) in [4.78, 5) is 24.6. The van der Waals surface area contributed by atoms with Crippen molar-refractivity contribution in [2.45, 2.75) is 44.1 Å². The molecule has 8 heteroatoms. The van der Waals surface area contributed by atoms with Gasteiger partial charge in [-0.1, -0.05) is 54.8 Å². The number of hydrogen-bond donors (Lipinski definition) is 2. The maximum Gasteiger partial charge on any atom is 0.255 e. The molecule has 1 saturated carbocycles. The molecule has 2 aromatic rings. The third kappa shape index (κ3) is 4.43. The van der Waals surface area contributed by atoms with Crippen LogP contribution in [0, 0.1) is 0 Å². The molecule has 3 N–H and O–H groups in total. The minimum Gasteiger partial charge on any atom is -0.496 e. The van der Waals surface area contributed by atoms with E-state index in [2.05, 4.69) is 5.32 Å². The molecule has 2 amide bonds. The lowest BCUT2D eigenvalue weighted by Gasteiger charge is -2.16. The fourth-order valence-corrected chi connectivity index (χ4v) is 4.78. The summed E-state index contributed by atoms with van der Waals surface area (Å²) in [6.07, 6.45) is 10.9. The van der Waals surface area contributed by atoms with Crippen molar-refractivity contribution in [3.63, 3.8) is 0 Å². The van der Waals surface area contributed by atoms with Crippen LogP contribution >= 0.6 is 11.6 Å². The van der Waals surface area contributed by atoms with Crippen molar-refractivity contribution in [3.8, 4) is 5.75 Å². The zero-order chi connectivity index (χ0) is 22.7. The Morgan fingerprint density at radius 2 is 2.03 bits per heavy atom. The summed E-state index contributed by atoms with van der Waals surface area (Å²) in [7, 11) is 1.54. The fraction of sp³-hybridized carbons (Fsp3) is 0.375. The lowest BCUT2D eigenvalue weighted by atomic mass is 9.91. The van der Waals surface area contributed by atoms with Crippen LogP contribution in [0.15, 0.2) is 48.1 Å². The van der Waals surface area contributed by atoms with Crippen molar-refractivity contribution in [1.29, 1.82) is 0 Å². The van der Waals surface area contributed by atoms with Crippen LogP contribution in [-0.2, 0) is 0 Å². The molecule has 0 bridgehead atoms. The van der Waals surface area contributed by atoms with Crippen LogP contribution in [0.5, 0.6) is 5.75 Å². The predicted molar refractivity (Wildman–Crippen MR) is 123 cm³/mol. The quantitative estimate of drug-likeness (QED) is 0.656. The molecule has 1 aromatic heterocycles. The average molecular weight is 455 g/mol. The molecule has 7 nitrogen and oxygen atoms in total. The number of nitrogens with one attached hydrogen (secondary N) is 1. The van der Waals surface area contributed by atoms with Crippen LogP contribution in [0.1, 0.15) is 70.5 Å². The Labute approximate surface area is 192 Å². The first-order valence-electron chi connectivity index (χ1n) is 10.9. The molecule has 4 rings (SSSR count). The number of halogens is 1. The number of carbonyl (C=O) groups excluding carboxylic acids is 2. The van der Waals surface area contributed by atoms with Gasteiger partial charge in [-0.05, 0) is 37.0 Å². The van der Waals surface area contributed by atoms with Gasteiger partial charge in [0.05, 0.1) is 30.0 Å². The summed E-state index contributed by atoms with van der Waals surface area (Å²) in [6.45, 7) is 0.389. The Morgan fingerprint density at radius 3 is 2.69 bits per heavy atom. The van der Waals surface area contributed by atoms with Crippen molar-refractivity contribution in [2.75, 3.05) is 13.7 Å². The van der Waals surface area contributed by atoms with Crippen LogP contribution in [0.2, 0.25) is 5.15 Å². The van der Waals surface area contributed by atoms with Gasteiger partial charge in [0.2, 0.25) is 0 Å². The predicted octanol–water partition coefficient (Wildman–Crippen LogP) is 4.16. The van der Waals surface area contributed by atoms with Gasteiger partial charge in [0.25, 0.3) is 11.8 Å². The highest BCUT2D eigenvalue weighted by molar-refractivity contribution is 6.33. The van der Waals surface area contributed by atoms with E-state index in [4.69, 9.17) is 27.2 Å². The zero-order valence-electron chi connectivity index (χ0n) is 18.0. The molecule has 1 aromatic carbocycles. The molecule has 2 aliphatic carbocycles. The molecule has 168 valence electrons. The molecule has 2 aliphatic rings. The Hall–Kier alpha value is -3.06. The molecule has 1 unspecified atom stereocenters. The number of methoxy groups -OCH3 is 1. The monoisotopic (exact) mass is 454 g/mol. The van der Waals surface area contributed by atoms with Crippen molar-refractivity contribution >= 4 is 23.4 Å². The second-order valence-corrected chi connectivity index (χ2v) is 8.52. The summed E-state index contributed by atoms with van der Waals surface area (Å²) in [6, 6.07) is 7.32. The fourth-order valence-electron chi connectivity index (χ4n) is 4.42. The van der Waals surface area contributed by atoms with Crippen LogP contribution in [0.25, 0.3) is 0 Å². The Bertz CT molecular complexity index is 1080. The Kier molecular flexibility index (Phi) is 6.65. The zero-order valence-corrected chi connectivity index (χ0v) is 18.8. The SMILES string of the molecule is COc1ccccc1C(=O)NCC1=CCC(c2nn(C3CCCC3)c(Cl)c2C(N)=O)C=C1. The van der Waals surface area contributed by atoms with Crippen molar-refractivity contribution in [1.82, 2.24) is 15.1 Å². The van der Waals surface area contributed by atoms with Crippen LogP contribution in [0.3, 0.4) is 0 Å². The summed E-state index contributed by atoms with van der Waals surface area (Å²) in [5.41, 5.74) is 8.06. The summed E-state index contributed by atoms with van der Waals surface area (Å²) < 4.78 is 7.04. The van der Waals surface area contributed by atoms with E-state index in [0.29, 0.717) is 40.7 Å². The van der Waals surface area contributed by atoms with Gasteiger partial charge < -0.3 is 15.8 Å². The van der Waals surface area contributed by atoms with E-state index in [1.807, 2.05) is 24.3 Å². The highest BCUT2D eigenvalue weighted by atomic mass is 35.5. The van der Waals surface area contributed by atoms with E-state index in [0.717, 1.165) is 31.3 Å². The number of carbonyl (C=O) groups is 2. The molecule has 0 saturated heterocycles. The van der Waals surface area contributed by atoms with Crippen LogP contribution < -0.4 is 15.8 Å². The maximum absolute atomic E-state index is 12.5. The minimum atomic E-state index is -0.554. The number of benzene rings is 1. The van der Waals surface area contributed by atoms with Gasteiger partial charge in [0.1, 0.15) is 10.9 Å². The molecule has 0 spiro atoms. The molecule has 1 atom stereocenters. The number of amides is 2. The standard InChI is InChI=1S/C24H27ClN4O3/c1-32-19-9-5-4-8-18(19)24(31)27-14-15-10-12-16(13-11-15)21-20(23(26)30)22(25)29(28-21)17-6-2-3-7-17/h4-5,8-12,16-17H,2-3,6-7,13-14H2,1H3,(H2,26,30)(H,27,31). The van der Waals surface area contributed by atoms with Gasteiger partial charge in [-0.2, -0.15) is 5.10 Å². The summed E-state index contributed by atoms with van der Waals surface area (Å²) >= 11 is 6.52. The van der Waals surface area contributed by atoms with Gasteiger partial charge in [0, 0.05) is 12.5 Å². The molecular formula is C24H27ClN4O3. The van der Waals surface area contributed by atoms with Crippen molar-refractivity contribution in [2.24, 2.45) is 5.73 Å². The van der Waals surface area contributed by atoms with Gasteiger partial charge in [-0.25, -0.2) is 4.68 Å². The first-order chi connectivity index (χ1) is 15.5. The summed E-state index contributed by atoms with van der Waals surface area (Å²) in [5, 5.41) is 7.98. The number of ether oxygens (including phenoxy) is 1. The van der Waals surface area contributed by atoms with Crippen LogP contribution in [0.4, 0.5) is 0 Å². The highest BCUT2D eigenvalue weighted by Gasteiger charge is 2.30. The van der Waals surface area contributed by atoms with Crippen molar-refractivity contribution < 1.29 is 14.3 Å². The van der Waals surface area contributed by atoms with E-state index in [9.17, 15) is 9.59 Å². The van der Waals surface area contributed by atoms with Gasteiger partial charge in [-0.3, -0.25) is 9.59 Å². The number of aromatic nitrogens is 2. The minimum absolute atomic E-state index is 0.0914. The van der Waals surface area contributed by atoms with E-state index < -0.39 is 5.91 Å². The lowest BCUT2D eigenvalue weighted by molar-refractivity contribution is 0.0952. The number of nitrogens with two attached hydrogens (primary N) is 1. The largest absolute Gasteiger partial charge is 0.496 e. The molecule has 1 heterocycles. The van der Waals surface area contributed by atoms with Gasteiger partial charge >= 0.3 is 0 Å². The second-order valence-electron chi connectivity index (χ2n) is 8.16. The topological polar surface area (TPSA) is 99.2 Å². The molecule has 1 fully saturated rings. The maximum atomic E-state index is 12.5. The molecule has 0 aliphatic heterocycles. The number of nitrogens with zero attached hydrogens (tertiary/aromatic N) is 2.